The average molecular weight is 314 g/mol. The number of nitrogens with two attached hydrogens (primary N) is 1. The van der Waals surface area contributed by atoms with Crippen molar-refractivity contribution in [3.05, 3.63) is 29.8 Å². The van der Waals surface area contributed by atoms with Gasteiger partial charge in [-0.15, -0.1) is 0 Å². The maximum Gasteiger partial charge on any atom is 0.339 e. The van der Waals surface area contributed by atoms with Gasteiger partial charge in [0.2, 0.25) is 10.0 Å². The van der Waals surface area contributed by atoms with Gasteiger partial charge in [-0.2, -0.15) is 0 Å². The third kappa shape index (κ3) is 4.80. The summed E-state index contributed by atoms with van der Waals surface area (Å²) < 4.78 is 32.1. The Hall–Kier alpha value is -1.44. The van der Waals surface area contributed by atoms with Crippen molar-refractivity contribution in [2.75, 3.05) is 13.7 Å². The highest BCUT2D eigenvalue weighted by Crippen LogP contribution is 2.17. The molecule has 0 aliphatic heterocycles. The van der Waals surface area contributed by atoms with Crippen molar-refractivity contribution in [2.45, 2.75) is 31.2 Å². The third-order valence-corrected chi connectivity index (χ3v) is 4.52. The van der Waals surface area contributed by atoms with Crippen molar-refractivity contribution in [3.8, 4) is 0 Å². The van der Waals surface area contributed by atoms with Crippen molar-refractivity contribution in [1.82, 2.24) is 4.72 Å². The summed E-state index contributed by atoms with van der Waals surface area (Å²) in [5.41, 5.74) is 5.62. The van der Waals surface area contributed by atoms with Gasteiger partial charge in [-0.25, -0.2) is 17.9 Å². The number of nitrogens with one attached hydrogen (secondary N) is 1. The molecule has 0 fully saturated rings. The van der Waals surface area contributed by atoms with Crippen LogP contribution in [-0.4, -0.2) is 34.1 Å². The lowest BCUT2D eigenvalue weighted by Gasteiger charge is -2.19. The SMILES string of the molecule is COC(=O)c1ccccc1S(=O)(=O)NC(CN)CC(C)C. The highest BCUT2D eigenvalue weighted by atomic mass is 32.2. The van der Waals surface area contributed by atoms with Gasteiger partial charge in [-0.3, -0.25) is 0 Å². The van der Waals surface area contributed by atoms with Crippen LogP contribution >= 0.6 is 0 Å². The maximum absolute atomic E-state index is 12.4. The molecule has 1 unspecified atom stereocenters. The van der Waals surface area contributed by atoms with Crippen molar-refractivity contribution in [3.63, 3.8) is 0 Å². The van der Waals surface area contributed by atoms with E-state index in [4.69, 9.17) is 5.73 Å². The smallest absolute Gasteiger partial charge is 0.339 e. The van der Waals surface area contributed by atoms with Gasteiger partial charge in [0.05, 0.1) is 17.6 Å². The highest BCUT2D eigenvalue weighted by Gasteiger charge is 2.25. The lowest BCUT2D eigenvalue weighted by Crippen LogP contribution is -2.41. The fraction of sp³-hybridized carbons (Fsp3) is 0.500. The normalized spacial score (nSPS) is 13.2. The number of ether oxygens (including phenoxy) is 1. The Morgan fingerprint density at radius 1 is 1.33 bits per heavy atom. The van der Waals surface area contributed by atoms with Gasteiger partial charge in [0.25, 0.3) is 0 Å². The van der Waals surface area contributed by atoms with Gasteiger partial charge in [0.1, 0.15) is 0 Å². The van der Waals surface area contributed by atoms with Crippen LogP contribution in [0.2, 0.25) is 0 Å². The molecule has 1 aromatic carbocycles. The zero-order valence-electron chi connectivity index (χ0n) is 12.5. The molecule has 0 amide bonds. The van der Waals surface area contributed by atoms with E-state index in [2.05, 4.69) is 9.46 Å². The Morgan fingerprint density at radius 3 is 2.48 bits per heavy atom. The Bertz CT molecular complexity index is 584. The minimum absolute atomic E-state index is 0.00724. The first kappa shape index (κ1) is 17.6. The van der Waals surface area contributed by atoms with Crippen LogP contribution in [0.3, 0.4) is 0 Å². The molecule has 1 aromatic rings. The fourth-order valence-corrected chi connectivity index (χ4v) is 3.48. The Morgan fingerprint density at radius 2 is 1.95 bits per heavy atom. The monoisotopic (exact) mass is 314 g/mol. The number of hydrogen-bond acceptors (Lipinski definition) is 5. The second kappa shape index (κ2) is 7.53. The number of benzene rings is 1. The molecule has 0 radical (unpaired) electrons. The summed E-state index contributed by atoms with van der Waals surface area (Å²) in [5.74, 6) is -0.388. The minimum Gasteiger partial charge on any atom is -0.465 e. The maximum atomic E-state index is 12.4. The number of methoxy groups -OCH3 is 1. The number of esters is 1. The molecular weight excluding hydrogens is 292 g/mol. The number of carbonyl (C=O) groups is 1. The molecule has 7 heteroatoms. The molecule has 0 aliphatic carbocycles. The average Bonchev–Trinajstić information content (AvgIpc) is 2.45. The molecule has 6 nitrogen and oxygen atoms in total. The van der Waals surface area contributed by atoms with Gasteiger partial charge in [0.15, 0.2) is 0 Å². The molecule has 0 saturated carbocycles. The molecule has 0 spiro atoms. The van der Waals surface area contributed by atoms with Gasteiger partial charge >= 0.3 is 5.97 Å². The summed E-state index contributed by atoms with van der Waals surface area (Å²) in [7, 11) is -2.62. The zero-order valence-corrected chi connectivity index (χ0v) is 13.3. The summed E-state index contributed by atoms with van der Waals surface area (Å²) in [6, 6.07) is 5.55. The van der Waals surface area contributed by atoms with Crippen LogP contribution in [0.5, 0.6) is 0 Å². The predicted molar refractivity (Wildman–Crippen MR) is 80.4 cm³/mol. The molecule has 1 rings (SSSR count). The van der Waals surface area contributed by atoms with Gasteiger partial charge in [-0.1, -0.05) is 26.0 Å². The van der Waals surface area contributed by atoms with E-state index in [1.165, 1.54) is 19.2 Å². The van der Waals surface area contributed by atoms with Crippen molar-refractivity contribution in [1.29, 1.82) is 0 Å². The van der Waals surface area contributed by atoms with Crippen LogP contribution in [0.15, 0.2) is 29.2 Å². The van der Waals surface area contributed by atoms with Crippen molar-refractivity contribution < 1.29 is 17.9 Å². The van der Waals surface area contributed by atoms with Gasteiger partial charge in [0, 0.05) is 12.6 Å². The van der Waals surface area contributed by atoms with Crippen LogP contribution in [0.4, 0.5) is 0 Å². The first-order valence-corrected chi connectivity index (χ1v) is 8.19. The first-order valence-electron chi connectivity index (χ1n) is 6.71. The quantitative estimate of drug-likeness (QED) is 0.735. The Labute approximate surface area is 125 Å². The molecule has 0 aromatic heterocycles. The van der Waals surface area contributed by atoms with E-state index < -0.39 is 16.0 Å². The summed E-state index contributed by atoms with van der Waals surface area (Å²) >= 11 is 0. The predicted octanol–water partition coefficient (Wildman–Crippen LogP) is 1.12. The number of sulfonamides is 1. The van der Waals surface area contributed by atoms with Crippen molar-refractivity contribution in [2.24, 2.45) is 11.7 Å². The standard InChI is InChI=1S/C14H22N2O4S/c1-10(2)8-11(9-15)16-21(18,19)13-7-5-4-6-12(13)14(17)20-3/h4-7,10-11,16H,8-9,15H2,1-3H3. The molecule has 3 N–H and O–H groups in total. The molecule has 0 aliphatic rings. The molecule has 21 heavy (non-hydrogen) atoms. The minimum atomic E-state index is -3.83. The number of carbonyl (C=O) groups excluding carboxylic acids is 1. The summed E-state index contributed by atoms with van der Waals surface area (Å²) in [6.45, 7) is 4.16. The Balaban J connectivity index is 3.11. The topological polar surface area (TPSA) is 98.5 Å². The van der Waals surface area contributed by atoms with Crippen LogP contribution < -0.4 is 10.5 Å². The second-order valence-corrected chi connectivity index (χ2v) is 6.85. The van der Waals surface area contributed by atoms with E-state index in [-0.39, 0.29) is 23.0 Å². The van der Waals surface area contributed by atoms with Crippen LogP contribution in [-0.2, 0) is 14.8 Å². The van der Waals surface area contributed by atoms with E-state index in [9.17, 15) is 13.2 Å². The first-order chi connectivity index (χ1) is 9.81. The van der Waals surface area contributed by atoms with Crippen LogP contribution in [0.25, 0.3) is 0 Å². The summed E-state index contributed by atoms with van der Waals surface area (Å²) in [6.07, 6.45) is 0.621. The molecular formula is C14H22N2O4S. The van der Waals surface area contributed by atoms with E-state index in [1.54, 1.807) is 12.1 Å². The van der Waals surface area contributed by atoms with E-state index in [1.807, 2.05) is 13.8 Å². The highest BCUT2D eigenvalue weighted by molar-refractivity contribution is 7.89. The van der Waals surface area contributed by atoms with E-state index in [0.717, 1.165) is 0 Å². The zero-order chi connectivity index (χ0) is 16.0. The summed E-state index contributed by atoms with van der Waals surface area (Å²) in [4.78, 5) is 11.6. The van der Waals surface area contributed by atoms with Gasteiger partial charge < -0.3 is 10.5 Å². The molecule has 118 valence electrons. The largest absolute Gasteiger partial charge is 0.465 e. The third-order valence-electron chi connectivity index (χ3n) is 2.94. The second-order valence-electron chi connectivity index (χ2n) is 5.17. The number of rotatable bonds is 7. The molecule has 0 heterocycles. The summed E-state index contributed by atoms with van der Waals surface area (Å²) in [5, 5.41) is 0. The van der Waals surface area contributed by atoms with Gasteiger partial charge in [-0.05, 0) is 24.5 Å². The van der Waals surface area contributed by atoms with Crippen molar-refractivity contribution >= 4 is 16.0 Å². The van der Waals surface area contributed by atoms with E-state index in [0.29, 0.717) is 12.3 Å². The number of hydrogen-bond donors (Lipinski definition) is 2. The fourth-order valence-electron chi connectivity index (χ4n) is 2.02. The van der Waals surface area contributed by atoms with Crippen LogP contribution in [0, 0.1) is 5.92 Å². The molecule has 0 bridgehead atoms. The molecule has 1 atom stereocenters. The molecule has 0 saturated heterocycles. The van der Waals surface area contributed by atoms with Crippen LogP contribution in [0.1, 0.15) is 30.6 Å². The lowest BCUT2D eigenvalue weighted by molar-refractivity contribution is 0.0596. The Kier molecular flexibility index (Phi) is 6.32. The lowest BCUT2D eigenvalue weighted by atomic mass is 10.1. The van der Waals surface area contributed by atoms with E-state index >= 15 is 0 Å².